The number of carbonyl (C=O) groups is 1. The summed E-state index contributed by atoms with van der Waals surface area (Å²) in [6, 6.07) is 22.1. The van der Waals surface area contributed by atoms with Gasteiger partial charge in [0, 0.05) is 18.1 Å². The van der Waals surface area contributed by atoms with E-state index in [0.717, 1.165) is 11.1 Å². The minimum absolute atomic E-state index is 0.0252. The zero-order chi connectivity index (χ0) is 24.3. The van der Waals surface area contributed by atoms with Crippen molar-refractivity contribution in [3.8, 4) is 11.5 Å². The van der Waals surface area contributed by atoms with Gasteiger partial charge in [-0.15, -0.1) is 0 Å². The predicted octanol–water partition coefficient (Wildman–Crippen LogP) is 3.17. The van der Waals surface area contributed by atoms with Gasteiger partial charge in [0.15, 0.2) is 11.5 Å². The van der Waals surface area contributed by atoms with Gasteiger partial charge in [-0.1, -0.05) is 54.6 Å². The van der Waals surface area contributed by atoms with Crippen LogP contribution in [0.2, 0.25) is 0 Å². The van der Waals surface area contributed by atoms with Crippen LogP contribution in [0.5, 0.6) is 11.5 Å². The number of benzene rings is 3. The smallest absolute Gasteiger partial charge is 0.243 e. The molecule has 35 heavy (non-hydrogen) atoms. The summed E-state index contributed by atoms with van der Waals surface area (Å²) < 4.78 is 40.1. The lowest BCUT2D eigenvalue weighted by Crippen LogP contribution is -2.47. The second-order valence-corrected chi connectivity index (χ2v) is 9.78. The Hall–Kier alpha value is -3.95. The Bertz CT molecular complexity index is 1470. The van der Waals surface area contributed by atoms with Gasteiger partial charge in [-0.25, -0.2) is 8.42 Å². The van der Waals surface area contributed by atoms with Crippen LogP contribution in [0.3, 0.4) is 0 Å². The molecule has 0 aliphatic carbocycles. The molecule has 0 spiro atoms. The molecule has 1 aliphatic heterocycles. The molecule has 1 atom stereocenters. The molecular formula is C26H23N3O5S. The third-order valence-electron chi connectivity index (χ3n) is 5.69. The largest absolute Gasteiger partial charge is 0.454 e. The number of para-hydroxylation sites is 1. The maximum absolute atomic E-state index is 13.4. The summed E-state index contributed by atoms with van der Waals surface area (Å²) in [5.74, 6) is 0.823. The van der Waals surface area contributed by atoms with Crippen LogP contribution < -0.4 is 19.5 Å². The van der Waals surface area contributed by atoms with Crippen molar-refractivity contribution in [3.63, 3.8) is 0 Å². The first-order chi connectivity index (χ1) is 17.0. The van der Waals surface area contributed by atoms with Crippen molar-refractivity contribution >= 4 is 26.8 Å². The third kappa shape index (κ3) is 5.11. The van der Waals surface area contributed by atoms with E-state index in [4.69, 9.17) is 9.47 Å². The molecule has 178 valence electrons. The van der Waals surface area contributed by atoms with Gasteiger partial charge in [0.2, 0.25) is 22.7 Å². The van der Waals surface area contributed by atoms with Gasteiger partial charge in [-0.05, 0) is 41.8 Å². The van der Waals surface area contributed by atoms with E-state index < -0.39 is 22.0 Å². The highest BCUT2D eigenvalue weighted by Gasteiger charge is 2.27. The highest BCUT2D eigenvalue weighted by molar-refractivity contribution is 7.89. The molecule has 0 radical (unpaired) electrons. The molecular weight excluding hydrogens is 466 g/mol. The Kier molecular flexibility index (Phi) is 6.35. The number of ether oxygens (including phenoxy) is 2. The van der Waals surface area contributed by atoms with Crippen LogP contribution in [0.4, 0.5) is 0 Å². The molecule has 1 amide bonds. The molecule has 0 saturated carbocycles. The van der Waals surface area contributed by atoms with Crippen molar-refractivity contribution in [2.24, 2.45) is 0 Å². The summed E-state index contributed by atoms with van der Waals surface area (Å²) in [5.41, 5.74) is 1.98. The van der Waals surface area contributed by atoms with Crippen LogP contribution in [-0.2, 0) is 27.8 Å². The average Bonchev–Trinajstić information content (AvgIpc) is 3.35. The molecule has 9 heteroatoms. The lowest BCUT2D eigenvalue weighted by Gasteiger charge is -2.19. The molecule has 8 nitrogen and oxygen atoms in total. The minimum atomic E-state index is -4.05. The molecule has 1 aromatic heterocycles. The Morgan fingerprint density at radius 1 is 0.914 bits per heavy atom. The van der Waals surface area contributed by atoms with E-state index in [1.165, 1.54) is 6.07 Å². The molecule has 0 fully saturated rings. The molecule has 1 unspecified atom stereocenters. The first-order valence-corrected chi connectivity index (χ1v) is 12.5. The van der Waals surface area contributed by atoms with Crippen molar-refractivity contribution in [1.82, 2.24) is 15.0 Å². The fraction of sp³-hybridized carbons (Fsp3) is 0.154. The Labute approximate surface area is 203 Å². The standard InChI is InChI=1S/C26H23N3O5S/c30-26(28-16-19-11-12-22-23(15-19)34-17-33-22)21(14-18-6-2-1-3-7-18)29-35(31,32)24-10-4-8-20-9-5-13-27-25(20)24/h1-13,15,21,29H,14,16-17H2,(H,28,30). The van der Waals surface area contributed by atoms with Crippen LogP contribution >= 0.6 is 0 Å². The molecule has 2 heterocycles. The fourth-order valence-electron chi connectivity index (χ4n) is 3.94. The zero-order valence-electron chi connectivity index (χ0n) is 18.7. The number of sulfonamides is 1. The summed E-state index contributed by atoms with van der Waals surface area (Å²) in [6.45, 7) is 0.368. The van der Waals surface area contributed by atoms with Gasteiger partial charge >= 0.3 is 0 Å². The van der Waals surface area contributed by atoms with Gasteiger partial charge in [-0.2, -0.15) is 4.72 Å². The number of amides is 1. The number of fused-ring (bicyclic) bond motifs is 2. The molecule has 0 bridgehead atoms. The zero-order valence-corrected chi connectivity index (χ0v) is 19.5. The van der Waals surface area contributed by atoms with Crippen molar-refractivity contribution in [2.45, 2.75) is 23.9 Å². The van der Waals surface area contributed by atoms with E-state index in [1.807, 2.05) is 36.4 Å². The van der Waals surface area contributed by atoms with Crippen LogP contribution in [-0.4, -0.2) is 32.1 Å². The highest BCUT2D eigenvalue weighted by Crippen LogP contribution is 2.32. The second kappa shape index (κ2) is 9.73. The Morgan fingerprint density at radius 2 is 1.71 bits per heavy atom. The lowest BCUT2D eigenvalue weighted by molar-refractivity contribution is -0.122. The number of pyridine rings is 1. The molecule has 2 N–H and O–H groups in total. The summed E-state index contributed by atoms with van der Waals surface area (Å²) in [4.78, 5) is 17.5. The van der Waals surface area contributed by atoms with E-state index in [-0.39, 0.29) is 24.7 Å². The number of aromatic nitrogens is 1. The number of nitrogens with one attached hydrogen (secondary N) is 2. The molecule has 0 saturated heterocycles. The number of hydrogen-bond donors (Lipinski definition) is 2. The molecule has 3 aromatic carbocycles. The van der Waals surface area contributed by atoms with Crippen molar-refractivity contribution < 1.29 is 22.7 Å². The number of carbonyl (C=O) groups excluding carboxylic acids is 1. The predicted molar refractivity (Wildman–Crippen MR) is 130 cm³/mol. The third-order valence-corrected chi connectivity index (χ3v) is 7.19. The number of nitrogens with zero attached hydrogens (tertiary/aromatic N) is 1. The van der Waals surface area contributed by atoms with Crippen LogP contribution in [0.25, 0.3) is 10.9 Å². The topological polar surface area (TPSA) is 107 Å². The molecule has 1 aliphatic rings. The van der Waals surface area contributed by atoms with E-state index >= 15 is 0 Å². The Morgan fingerprint density at radius 3 is 2.57 bits per heavy atom. The fourth-order valence-corrected chi connectivity index (χ4v) is 5.32. The molecule has 5 rings (SSSR count). The second-order valence-electron chi connectivity index (χ2n) is 8.10. The normalized spacial score (nSPS) is 13.5. The monoisotopic (exact) mass is 489 g/mol. The number of hydrogen-bond acceptors (Lipinski definition) is 6. The van der Waals surface area contributed by atoms with Gasteiger partial charge in [0.25, 0.3) is 0 Å². The van der Waals surface area contributed by atoms with E-state index in [1.54, 1.807) is 42.6 Å². The summed E-state index contributed by atoms with van der Waals surface area (Å²) in [5, 5.41) is 3.54. The maximum atomic E-state index is 13.4. The summed E-state index contributed by atoms with van der Waals surface area (Å²) >= 11 is 0. The number of rotatable bonds is 8. The molecule has 4 aromatic rings. The highest BCUT2D eigenvalue weighted by atomic mass is 32.2. The van der Waals surface area contributed by atoms with Crippen molar-refractivity contribution in [2.75, 3.05) is 6.79 Å². The van der Waals surface area contributed by atoms with Crippen molar-refractivity contribution in [1.29, 1.82) is 0 Å². The van der Waals surface area contributed by atoms with Crippen LogP contribution in [0.1, 0.15) is 11.1 Å². The maximum Gasteiger partial charge on any atom is 0.243 e. The summed E-state index contributed by atoms with van der Waals surface area (Å²) in [6.07, 6.45) is 1.73. The lowest BCUT2D eigenvalue weighted by atomic mass is 10.1. The van der Waals surface area contributed by atoms with E-state index in [2.05, 4.69) is 15.0 Å². The van der Waals surface area contributed by atoms with E-state index in [9.17, 15) is 13.2 Å². The first kappa shape index (κ1) is 22.8. The van der Waals surface area contributed by atoms with Crippen molar-refractivity contribution in [3.05, 3.63) is 96.2 Å². The van der Waals surface area contributed by atoms with Gasteiger partial charge in [0.05, 0.1) is 5.52 Å². The van der Waals surface area contributed by atoms with Crippen LogP contribution in [0, 0.1) is 0 Å². The minimum Gasteiger partial charge on any atom is -0.454 e. The van der Waals surface area contributed by atoms with Crippen LogP contribution in [0.15, 0.2) is 90.0 Å². The van der Waals surface area contributed by atoms with E-state index in [0.29, 0.717) is 22.4 Å². The van der Waals surface area contributed by atoms with Gasteiger partial charge in [0.1, 0.15) is 10.9 Å². The van der Waals surface area contributed by atoms with Gasteiger partial charge in [-0.3, -0.25) is 9.78 Å². The quantitative estimate of drug-likeness (QED) is 0.394. The van der Waals surface area contributed by atoms with Gasteiger partial charge < -0.3 is 14.8 Å². The summed E-state index contributed by atoms with van der Waals surface area (Å²) in [7, 11) is -4.05. The Balaban J connectivity index is 1.38. The SMILES string of the molecule is O=C(NCc1ccc2c(c1)OCO2)C(Cc1ccccc1)NS(=O)(=O)c1cccc2cccnc12. The average molecular weight is 490 g/mol. The first-order valence-electron chi connectivity index (χ1n) is 11.1.